The lowest BCUT2D eigenvalue weighted by atomic mass is 9.96. The third-order valence-electron chi connectivity index (χ3n) is 3.14. The van der Waals surface area contributed by atoms with Crippen molar-refractivity contribution in [3.05, 3.63) is 28.1 Å². The molecule has 0 bridgehead atoms. The van der Waals surface area contributed by atoms with Crippen molar-refractivity contribution >= 4 is 0 Å². The molecule has 1 atom stereocenters. The number of nitrogens with zero attached hydrogens (tertiary/aromatic N) is 2. The number of aryl methyl sites for hydroxylation is 2. The standard InChI is InChI=1S/C12H13FN2/c1-7-10(6-14)9-4-5-12(3,13)11(9)8(2)15-7/h4-5H2,1-3H3. The van der Waals surface area contributed by atoms with Crippen molar-refractivity contribution in [1.82, 2.24) is 4.98 Å². The molecular weight excluding hydrogens is 191 g/mol. The zero-order valence-electron chi connectivity index (χ0n) is 9.19. The smallest absolute Gasteiger partial charge is 0.135 e. The van der Waals surface area contributed by atoms with Crippen molar-refractivity contribution in [2.24, 2.45) is 0 Å². The van der Waals surface area contributed by atoms with Gasteiger partial charge in [-0.3, -0.25) is 4.98 Å². The lowest BCUT2D eigenvalue weighted by Gasteiger charge is -2.17. The van der Waals surface area contributed by atoms with Crippen LogP contribution in [0.25, 0.3) is 0 Å². The maximum absolute atomic E-state index is 14.2. The van der Waals surface area contributed by atoms with Gasteiger partial charge in [0.2, 0.25) is 0 Å². The molecule has 0 saturated carbocycles. The predicted molar refractivity (Wildman–Crippen MR) is 55.2 cm³/mol. The number of halogens is 1. The van der Waals surface area contributed by atoms with E-state index >= 15 is 0 Å². The Morgan fingerprint density at radius 3 is 2.67 bits per heavy atom. The largest absolute Gasteiger partial charge is 0.257 e. The van der Waals surface area contributed by atoms with Crippen LogP contribution in [0.15, 0.2) is 0 Å². The molecule has 2 rings (SSSR count). The molecule has 0 spiro atoms. The molecule has 0 aromatic carbocycles. The number of hydrogen-bond donors (Lipinski definition) is 0. The van der Waals surface area contributed by atoms with Crippen LogP contribution in [0.2, 0.25) is 0 Å². The van der Waals surface area contributed by atoms with Gasteiger partial charge in [0, 0.05) is 11.3 Å². The van der Waals surface area contributed by atoms with Crippen LogP contribution in [0.4, 0.5) is 4.39 Å². The minimum atomic E-state index is -1.31. The molecule has 15 heavy (non-hydrogen) atoms. The van der Waals surface area contributed by atoms with E-state index in [0.29, 0.717) is 29.7 Å². The van der Waals surface area contributed by atoms with E-state index in [0.717, 1.165) is 11.3 Å². The van der Waals surface area contributed by atoms with Crippen LogP contribution in [0.3, 0.4) is 0 Å². The normalized spacial score (nSPS) is 23.7. The van der Waals surface area contributed by atoms with Crippen LogP contribution in [0, 0.1) is 25.2 Å². The maximum Gasteiger partial charge on any atom is 0.135 e. The Bertz CT molecular complexity index is 469. The molecule has 1 aromatic rings. The summed E-state index contributed by atoms with van der Waals surface area (Å²) in [6, 6.07) is 2.13. The number of fused-ring (bicyclic) bond motifs is 1. The first-order chi connectivity index (χ1) is 6.97. The molecule has 1 aliphatic carbocycles. The fourth-order valence-corrected chi connectivity index (χ4v) is 2.50. The van der Waals surface area contributed by atoms with Gasteiger partial charge >= 0.3 is 0 Å². The molecule has 0 fully saturated rings. The lowest BCUT2D eigenvalue weighted by Crippen LogP contribution is -2.13. The van der Waals surface area contributed by atoms with Gasteiger partial charge in [-0.25, -0.2) is 4.39 Å². The minimum absolute atomic E-state index is 0.461. The number of alkyl halides is 1. The molecule has 78 valence electrons. The third-order valence-corrected chi connectivity index (χ3v) is 3.14. The van der Waals surface area contributed by atoms with E-state index < -0.39 is 5.67 Å². The molecule has 1 heterocycles. The highest BCUT2D eigenvalue weighted by Crippen LogP contribution is 2.42. The highest BCUT2D eigenvalue weighted by atomic mass is 19.1. The van der Waals surface area contributed by atoms with Crippen molar-refractivity contribution in [3.8, 4) is 6.07 Å². The van der Waals surface area contributed by atoms with Gasteiger partial charge < -0.3 is 0 Å². The molecule has 0 aliphatic heterocycles. The van der Waals surface area contributed by atoms with Crippen LogP contribution in [-0.4, -0.2) is 4.98 Å². The quantitative estimate of drug-likeness (QED) is 0.651. The van der Waals surface area contributed by atoms with Crippen molar-refractivity contribution in [2.45, 2.75) is 39.3 Å². The Labute approximate surface area is 88.8 Å². The van der Waals surface area contributed by atoms with Gasteiger partial charge in [0.1, 0.15) is 11.7 Å². The third kappa shape index (κ3) is 1.32. The van der Waals surface area contributed by atoms with Gasteiger partial charge in [0.05, 0.1) is 11.3 Å². The molecule has 3 heteroatoms. The number of pyridine rings is 1. The van der Waals surface area contributed by atoms with Crippen LogP contribution in [0.5, 0.6) is 0 Å². The van der Waals surface area contributed by atoms with Gasteiger partial charge in [-0.2, -0.15) is 5.26 Å². The van der Waals surface area contributed by atoms with Crippen molar-refractivity contribution in [3.63, 3.8) is 0 Å². The Balaban J connectivity index is 2.79. The summed E-state index contributed by atoms with van der Waals surface area (Å²) in [5, 5.41) is 9.03. The Morgan fingerprint density at radius 1 is 1.40 bits per heavy atom. The summed E-state index contributed by atoms with van der Waals surface area (Å²) < 4.78 is 14.2. The molecule has 1 aromatic heterocycles. The second-order valence-electron chi connectivity index (χ2n) is 4.32. The molecule has 1 unspecified atom stereocenters. The molecule has 2 nitrogen and oxygen atoms in total. The average molecular weight is 204 g/mol. The van der Waals surface area contributed by atoms with Crippen LogP contribution in [-0.2, 0) is 12.1 Å². The predicted octanol–water partition coefficient (Wildman–Crippen LogP) is 2.70. The molecule has 0 radical (unpaired) electrons. The Hall–Kier alpha value is -1.43. The lowest BCUT2D eigenvalue weighted by molar-refractivity contribution is 0.193. The topological polar surface area (TPSA) is 36.7 Å². The number of hydrogen-bond acceptors (Lipinski definition) is 2. The second kappa shape index (κ2) is 3.03. The van der Waals surface area contributed by atoms with E-state index in [2.05, 4.69) is 11.1 Å². The van der Waals surface area contributed by atoms with Crippen LogP contribution >= 0.6 is 0 Å². The molecule has 0 saturated heterocycles. The van der Waals surface area contributed by atoms with Gasteiger partial charge in [-0.05, 0) is 39.2 Å². The fraction of sp³-hybridized carbons (Fsp3) is 0.500. The summed E-state index contributed by atoms with van der Waals surface area (Å²) in [4.78, 5) is 4.25. The van der Waals surface area contributed by atoms with Gasteiger partial charge in [-0.1, -0.05) is 0 Å². The monoisotopic (exact) mass is 204 g/mol. The summed E-state index contributed by atoms with van der Waals surface area (Å²) in [5.41, 5.74) is 2.20. The number of rotatable bonds is 0. The van der Waals surface area contributed by atoms with Crippen LogP contribution < -0.4 is 0 Å². The van der Waals surface area contributed by atoms with E-state index in [1.165, 1.54) is 0 Å². The fourth-order valence-electron chi connectivity index (χ4n) is 2.50. The van der Waals surface area contributed by atoms with E-state index in [1.807, 2.05) is 6.92 Å². The summed E-state index contributed by atoms with van der Waals surface area (Å²) in [5.74, 6) is 0. The van der Waals surface area contributed by atoms with E-state index in [9.17, 15) is 4.39 Å². The van der Waals surface area contributed by atoms with Gasteiger partial charge in [0.25, 0.3) is 0 Å². The summed E-state index contributed by atoms with van der Waals surface area (Å²) in [6.07, 6.45) is 1.11. The summed E-state index contributed by atoms with van der Waals surface area (Å²) in [7, 11) is 0. The van der Waals surface area contributed by atoms with Gasteiger partial charge in [-0.15, -0.1) is 0 Å². The minimum Gasteiger partial charge on any atom is -0.257 e. The van der Waals surface area contributed by atoms with Gasteiger partial charge in [0.15, 0.2) is 0 Å². The first-order valence-corrected chi connectivity index (χ1v) is 5.07. The highest BCUT2D eigenvalue weighted by molar-refractivity contribution is 5.51. The van der Waals surface area contributed by atoms with Crippen LogP contribution in [0.1, 0.15) is 41.4 Å². The Morgan fingerprint density at radius 2 is 2.07 bits per heavy atom. The number of aromatic nitrogens is 1. The highest BCUT2D eigenvalue weighted by Gasteiger charge is 2.38. The summed E-state index contributed by atoms with van der Waals surface area (Å²) in [6.45, 7) is 5.19. The molecule has 0 N–H and O–H groups in total. The SMILES string of the molecule is Cc1nc(C)c2c(c1C#N)CCC2(C)F. The number of nitriles is 1. The first-order valence-electron chi connectivity index (χ1n) is 5.07. The van der Waals surface area contributed by atoms with E-state index in [-0.39, 0.29) is 0 Å². The van der Waals surface area contributed by atoms with Crippen molar-refractivity contribution in [2.75, 3.05) is 0 Å². The molecule has 1 aliphatic rings. The van der Waals surface area contributed by atoms with Crippen molar-refractivity contribution in [1.29, 1.82) is 5.26 Å². The maximum atomic E-state index is 14.2. The molecular formula is C12H13FN2. The first kappa shape index (κ1) is 10.1. The Kier molecular flexibility index (Phi) is 2.04. The summed E-state index contributed by atoms with van der Waals surface area (Å²) >= 11 is 0. The average Bonchev–Trinajstić information content (AvgIpc) is 2.43. The second-order valence-corrected chi connectivity index (χ2v) is 4.32. The van der Waals surface area contributed by atoms with E-state index in [4.69, 9.17) is 5.26 Å². The zero-order valence-corrected chi connectivity index (χ0v) is 9.19. The zero-order chi connectivity index (χ0) is 11.2. The van der Waals surface area contributed by atoms with Crippen molar-refractivity contribution < 1.29 is 4.39 Å². The molecule has 0 amide bonds. The van der Waals surface area contributed by atoms with E-state index in [1.54, 1.807) is 13.8 Å².